The first-order chi connectivity index (χ1) is 13.5. The minimum atomic E-state index is -0.423. The van der Waals surface area contributed by atoms with E-state index in [9.17, 15) is 9.59 Å². The molecule has 3 heterocycles. The minimum Gasteiger partial charge on any atom is -0.452 e. The van der Waals surface area contributed by atoms with E-state index in [1.165, 1.54) is 0 Å². The van der Waals surface area contributed by atoms with Crippen molar-refractivity contribution < 1.29 is 14.3 Å². The first-order valence-electron chi connectivity index (χ1n) is 10.1. The van der Waals surface area contributed by atoms with E-state index in [2.05, 4.69) is 18.7 Å². The molecular formula is C22H27N3O3. The number of rotatable bonds is 4. The van der Waals surface area contributed by atoms with Gasteiger partial charge in [-0.15, -0.1) is 0 Å². The van der Waals surface area contributed by atoms with Crippen LogP contribution in [0.3, 0.4) is 0 Å². The lowest BCUT2D eigenvalue weighted by atomic mass is 9.95. The van der Waals surface area contributed by atoms with E-state index >= 15 is 0 Å². The predicted octanol–water partition coefficient (Wildman–Crippen LogP) is 2.78. The van der Waals surface area contributed by atoms with Crippen LogP contribution in [-0.2, 0) is 22.5 Å². The van der Waals surface area contributed by atoms with Gasteiger partial charge in [0.25, 0.3) is 5.91 Å². The third-order valence-corrected chi connectivity index (χ3v) is 5.80. The average Bonchev–Trinajstić information content (AvgIpc) is 3.24. The summed E-state index contributed by atoms with van der Waals surface area (Å²) >= 11 is 0. The Labute approximate surface area is 165 Å². The van der Waals surface area contributed by atoms with Gasteiger partial charge >= 0.3 is 5.97 Å². The second kappa shape index (κ2) is 7.87. The fourth-order valence-electron chi connectivity index (χ4n) is 4.14. The zero-order chi connectivity index (χ0) is 19.7. The second-order valence-electron chi connectivity index (χ2n) is 7.91. The number of likely N-dealkylation sites (tertiary alicyclic amines) is 1. The molecule has 4 rings (SSSR count). The Morgan fingerprint density at radius 3 is 2.64 bits per heavy atom. The maximum atomic E-state index is 13.1. The van der Waals surface area contributed by atoms with E-state index < -0.39 is 5.97 Å². The summed E-state index contributed by atoms with van der Waals surface area (Å²) in [6.45, 7) is 7.24. The van der Waals surface area contributed by atoms with Crippen LogP contribution < -0.4 is 0 Å². The number of pyridine rings is 1. The number of benzene rings is 1. The first-order valence-corrected chi connectivity index (χ1v) is 10.1. The topological polar surface area (TPSA) is 62.7 Å². The summed E-state index contributed by atoms with van der Waals surface area (Å²) in [5.74, 6) is -0.533. The van der Waals surface area contributed by atoms with Gasteiger partial charge < -0.3 is 9.64 Å². The van der Waals surface area contributed by atoms with Gasteiger partial charge in [0.2, 0.25) is 0 Å². The van der Waals surface area contributed by atoms with Crippen LogP contribution >= 0.6 is 0 Å². The Bertz CT molecular complexity index is 903. The molecule has 28 heavy (non-hydrogen) atoms. The molecular weight excluding hydrogens is 354 g/mol. The van der Waals surface area contributed by atoms with E-state index in [1.54, 1.807) is 4.90 Å². The van der Waals surface area contributed by atoms with Gasteiger partial charge in [-0.25, -0.2) is 4.79 Å². The van der Waals surface area contributed by atoms with E-state index in [4.69, 9.17) is 9.72 Å². The summed E-state index contributed by atoms with van der Waals surface area (Å²) in [5, 5.41) is 0.797. The van der Waals surface area contributed by atoms with Gasteiger partial charge in [0.15, 0.2) is 6.61 Å². The molecule has 1 aromatic carbocycles. The SMILES string of the molecule is CC(C)N1CCc2nc3ccccc3c(C(=O)OCC(=O)N3CCCC3)c2C1. The zero-order valence-corrected chi connectivity index (χ0v) is 16.6. The molecule has 2 aliphatic rings. The number of hydrogen-bond acceptors (Lipinski definition) is 5. The maximum absolute atomic E-state index is 13.1. The molecule has 0 N–H and O–H groups in total. The van der Waals surface area contributed by atoms with Crippen LogP contribution in [0.5, 0.6) is 0 Å². The average molecular weight is 381 g/mol. The van der Waals surface area contributed by atoms with Gasteiger partial charge in [-0.05, 0) is 32.8 Å². The van der Waals surface area contributed by atoms with Gasteiger partial charge in [0.05, 0.1) is 11.1 Å². The highest BCUT2D eigenvalue weighted by Gasteiger charge is 2.28. The van der Waals surface area contributed by atoms with E-state index in [-0.39, 0.29) is 12.5 Å². The van der Waals surface area contributed by atoms with Crippen molar-refractivity contribution in [3.63, 3.8) is 0 Å². The number of nitrogens with zero attached hydrogens (tertiary/aromatic N) is 3. The summed E-state index contributed by atoms with van der Waals surface area (Å²) in [7, 11) is 0. The van der Waals surface area contributed by atoms with Gasteiger partial charge in [0.1, 0.15) is 0 Å². The van der Waals surface area contributed by atoms with Crippen LogP contribution in [-0.4, -0.2) is 58.9 Å². The molecule has 2 aliphatic heterocycles. The lowest BCUT2D eigenvalue weighted by Crippen LogP contribution is -2.37. The number of esters is 1. The molecule has 1 fully saturated rings. The minimum absolute atomic E-state index is 0.109. The molecule has 0 aliphatic carbocycles. The Kier molecular flexibility index (Phi) is 5.31. The van der Waals surface area contributed by atoms with Crippen molar-refractivity contribution in [2.75, 3.05) is 26.2 Å². The number of hydrogen-bond donors (Lipinski definition) is 0. The highest BCUT2D eigenvalue weighted by molar-refractivity contribution is 6.05. The molecule has 0 spiro atoms. The van der Waals surface area contributed by atoms with E-state index in [0.29, 0.717) is 18.2 Å². The number of fused-ring (bicyclic) bond motifs is 2. The molecule has 0 saturated carbocycles. The summed E-state index contributed by atoms with van der Waals surface area (Å²) in [4.78, 5) is 34.3. The molecule has 0 bridgehead atoms. The Morgan fingerprint density at radius 1 is 1.14 bits per heavy atom. The summed E-state index contributed by atoms with van der Waals surface area (Å²) in [6, 6.07) is 8.06. The molecule has 148 valence electrons. The Hall–Kier alpha value is -2.47. The number of carbonyl (C=O) groups excluding carboxylic acids is 2. The van der Waals surface area contributed by atoms with Crippen molar-refractivity contribution in [2.45, 2.75) is 45.7 Å². The Morgan fingerprint density at radius 2 is 1.89 bits per heavy atom. The second-order valence-corrected chi connectivity index (χ2v) is 7.91. The third-order valence-electron chi connectivity index (χ3n) is 5.80. The fraction of sp³-hybridized carbons (Fsp3) is 0.500. The number of carbonyl (C=O) groups is 2. The van der Waals surface area contributed by atoms with E-state index in [0.717, 1.165) is 61.1 Å². The lowest BCUT2D eigenvalue weighted by molar-refractivity contribution is -0.133. The largest absolute Gasteiger partial charge is 0.452 e. The van der Waals surface area contributed by atoms with Crippen LogP contribution in [0, 0.1) is 0 Å². The predicted molar refractivity (Wildman–Crippen MR) is 107 cm³/mol. The number of amides is 1. The monoisotopic (exact) mass is 381 g/mol. The van der Waals surface area contributed by atoms with Gasteiger partial charge in [-0.2, -0.15) is 0 Å². The van der Waals surface area contributed by atoms with Crippen molar-refractivity contribution in [2.24, 2.45) is 0 Å². The normalized spacial score (nSPS) is 17.2. The van der Waals surface area contributed by atoms with Crippen LogP contribution in [0.1, 0.15) is 48.3 Å². The smallest absolute Gasteiger partial charge is 0.339 e. The van der Waals surface area contributed by atoms with Crippen LogP contribution in [0.25, 0.3) is 10.9 Å². The van der Waals surface area contributed by atoms with Crippen LogP contribution in [0.4, 0.5) is 0 Å². The number of ether oxygens (including phenoxy) is 1. The maximum Gasteiger partial charge on any atom is 0.339 e. The quantitative estimate of drug-likeness (QED) is 0.762. The summed E-state index contributed by atoms with van der Waals surface area (Å²) < 4.78 is 5.50. The van der Waals surface area contributed by atoms with Crippen molar-refractivity contribution in [3.05, 3.63) is 41.1 Å². The molecule has 6 nitrogen and oxygen atoms in total. The van der Waals surface area contributed by atoms with Crippen molar-refractivity contribution in [1.29, 1.82) is 0 Å². The first kappa shape index (κ1) is 18.9. The van der Waals surface area contributed by atoms with Gasteiger partial charge in [-0.3, -0.25) is 14.7 Å². The van der Waals surface area contributed by atoms with Gasteiger partial charge in [-0.1, -0.05) is 18.2 Å². The number of para-hydroxylation sites is 1. The Balaban J connectivity index is 1.65. The standard InChI is InChI=1S/C22H27N3O3/c1-15(2)25-12-9-19-17(13-25)21(16-7-3-4-8-18(16)23-19)22(27)28-14-20(26)24-10-5-6-11-24/h3-4,7-8,15H,5-6,9-14H2,1-2H3. The highest BCUT2D eigenvalue weighted by atomic mass is 16.5. The van der Waals surface area contributed by atoms with Crippen molar-refractivity contribution >= 4 is 22.8 Å². The van der Waals surface area contributed by atoms with Crippen LogP contribution in [0.2, 0.25) is 0 Å². The van der Waals surface area contributed by atoms with Crippen molar-refractivity contribution in [3.8, 4) is 0 Å². The molecule has 0 unspecified atom stereocenters. The lowest BCUT2D eigenvalue weighted by Gasteiger charge is -2.32. The third kappa shape index (κ3) is 3.61. The molecule has 1 saturated heterocycles. The summed E-state index contributed by atoms with van der Waals surface area (Å²) in [6.07, 6.45) is 2.85. The van der Waals surface area contributed by atoms with E-state index in [1.807, 2.05) is 24.3 Å². The van der Waals surface area contributed by atoms with Crippen LogP contribution in [0.15, 0.2) is 24.3 Å². The van der Waals surface area contributed by atoms with Gasteiger partial charge in [0, 0.05) is 55.3 Å². The summed E-state index contributed by atoms with van der Waals surface area (Å²) in [5.41, 5.74) is 3.28. The molecule has 6 heteroatoms. The molecule has 2 aromatic rings. The fourth-order valence-corrected chi connectivity index (χ4v) is 4.14. The number of aromatic nitrogens is 1. The molecule has 0 radical (unpaired) electrons. The molecule has 0 atom stereocenters. The molecule has 1 amide bonds. The highest BCUT2D eigenvalue weighted by Crippen LogP contribution is 2.29. The van der Waals surface area contributed by atoms with Crippen molar-refractivity contribution in [1.82, 2.24) is 14.8 Å². The molecule has 1 aromatic heterocycles. The zero-order valence-electron chi connectivity index (χ0n) is 16.6.